The summed E-state index contributed by atoms with van der Waals surface area (Å²) in [5, 5.41) is 13.1. The van der Waals surface area contributed by atoms with E-state index in [1.165, 1.54) is 6.42 Å². The maximum atomic E-state index is 12.3. The van der Waals surface area contributed by atoms with E-state index >= 15 is 0 Å². The SMILES string of the molecule is Cl.O=C(CC1CCCN1)N1C2CCC1CC(O)C2. The lowest BCUT2D eigenvalue weighted by Gasteiger charge is -2.37. The molecule has 5 heteroatoms. The molecule has 3 atom stereocenters. The van der Waals surface area contributed by atoms with Crippen molar-refractivity contribution in [3.63, 3.8) is 0 Å². The largest absolute Gasteiger partial charge is 0.393 e. The second-order valence-electron chi connectivity index (χ2n) is 5.81. The zero-order valence-electron chi connectivity index (χ0n) is 10.7. The molecular formula is C13H23ClN2O2. The Labute approximate surface area is 115 Å². The van der Waals surface area contributed by atoms with Crippen LogP contribution in [0.5, 0.6) is 0 Å². The lowest BCUT2D eigenvalue weighted by molar-refractivity contribution is -0.137. The number of amides is 1. The third kappa shape index (κ3) is 2.65. The van der Waals surface area contributed by atoms with E-state index < -0.39 is 0 Å². The summed E-state index contributed by atoms with van der Waals surface area (Å²) in [6.45, 7) is 1.06. The monoisotopic (exact) mass is 274 g/mol. The summed E-state index contributed by atoms with van der Waals surface area (Å²) in [6, 6.07) is 1.03. The second-order valence-corrected chi connectivity index (χ2v) is 5.81. The van der Waals surface area contributed by atoms with Gasteiger partial charge in [-0.3, -0.25) is 4.79 Å². The van der Waals surface area contributed by atoms with Crippen molar-refractivity contribution in [2.24, 2.45) is 0 Å². The molecule has 3 heterocycles. The van der Waals surface area contributed by atoms with E-state index in [2.05, 4.69) is 10.2 Å². The molecule has 0 aliphatic carbocycles. The Morgan fingerprint density at radius 2 is 1.89 bits per heavy atom. The summed E-state index contributed by atoms with van der Waals surface area (Å²) in [5.41, 5.74) is 0. The number of hydrogen-bond donors (Lipinski definition) is 2. The van der Waals surface area contributed by atoms with Gasteiger partial charge in [-0.2, -0.15) is 0 Å². The molecule has 3 saturated heterocycles. The lowest BCUT2D eigenvalue weighted by Crippen LogP contribution is -2.49. The molecule has 3 unspecified atom stereocenters. The molecule has 0 aromatic carbocycles. The standard InChI is InChI=1S/C13H22N2O2.ClH/c16-12-7-10-3-4-11(8-12)15(10)13(17)6-9-2-1-5-14-9;/h9-12,14,16H,1-8H2;1H. The minimum Gasteiger partial charge on any atom is -0.393 e. The number of fused-ring (bicyclic) bond motifs is 2. The van der Waals surface area contributed by atoms with Crippen molar-refractivity contribution in [3.8, 4) is 0 Å². The number of rotatable bonds is 2. The van der Waals surface area contributed by atoms with Gasteiger partial charge in [-0.05, 0) is 45.1 Å². The highest BCUT2D eigenvalue weighted by Crippen LogP contribution is 2.36. The van der Waals surface area contributed by atoms with E-state index in [0.29, 0.717) is 30.5 Å². The molecule has 0 aromatic rings. The predicted octanol–water partition coefficient (Wildman–Crippen LogP) is 1.06. The fourth-order valence-corrected chi connectivity index (χ4v) is 3.80. The summed E-state index contributed by atoms with van der Waals surface area (Å²) in [6.07, 6.45) is 6.57. The Morgan fingerprint density at radius 1 is 1.22 bits per heavy atom. The molecule has 2 N–H and O–H groups in total. The average molecular weight is 275 g/mol. The Hall–Kier alpha value is -0.320. The first-order valence-electron chi connectivity index (χ1n) is 6.96. The Kier molecular flexibility index (Phi) is 4.51. The molecule has 0 spiro atoms. The molecule has 3 fully saturated rings. The van der Waals surface area contributed by atoms with Crippen LogP contribution in [-0.2, 0) is 4.79 Å². The number of aliphatic hydroxyl groups excluding tert-OH is 1. The van der Waals surface area contributed by atoms with Crippen molar-refractivity contribution in [1.82, 2.24) is 10.2 Å². The van der Waals surface area contributed by atoms with Crippen LogP contribution in [0.1, 0.15) is 44.9 Å². The molecule has 0 saturated carbocycles. The maximum absolute atomic E-state index is 12.3. The van der Waals surface area contributed by atoms with Gasteiger partial charge < -0.3 is 15.3 Å². The van der Waals surface area contributed by atoms with Crippen LogP contribution in [0, 0.1) is 0 Å². The number of carbonyl (C=O) groups is 1. The Bertz CT molecular complexity index is 293. The quantitative estimate of drug-likeness (QED) is 0.792. The second kappa shape index (κ2) is 5.76. The molecule has 104 valence electrons. The molecule has 2 bridgehead atoms. The van der Waals surface area contributed by atoms with Crippen molar-refractivity contribution in [2.75, 3.05) is 6.54 Å². The molecule has 1 amide bonds. The summed E-state index contributed by atoms with van der Waals surface area (Å²) in [4.78, 5) is 14.4. The number of nitrogens with one attached hydrogen (secondary N) is 1. The first-order valence-corrected chi connectivity index (χ1v) is 6.96. The minimum absolute atomic E-state index is 0. The smallest absolute Gasteiger partial charge is 0.224 e. The van der Waals surface area contributed by atoms with E-state index in [1.807, 2.05) is 0 Å². The third-order valence-corrected chi connectivity index (χ3v) is 4.58. The van der Waals surface area contributed by atoms with Crippen LogP contribution in [0.2, 0.25) is 0 Å². The summed E-state index contributed by atoms with van der Waals surface area (Å²) >= 11 is 0. The highest BCUT2D eigenvalue weighted by molar-refractivity contribution is 5.85. The van der Waals surface area contributed by atoms with Crippen molar-refractivity contribution in [1.29, 1.82) is 0 Å². The predicted molar refractivity (Wildman–Crippen MR) is 71.8 cm³/mol. The van der Waals surface area contributed by atoms with E-state index in [-0.39, 0.29) is 18.5 Å². The number of nitrogens with zero attached hydrogens (tertiary/aromatic N) is 1. The molecule has 0 radical (unpaired) electrons. The van der Waals surface area contributed by atoms with Crippen LogP contribution < -0.4 is 5.32 Å². The number of halogens is 1. The van der Waals surface area contributed by atoms with Crippen molar-refractivity contribution in [2.45, 2.75) is 69.2 Å². The maximum Gasteiger partial charge on any atom is 0.224 e. The van der Waals surface area contributed by atoms with Crippen LogP contribution >= 0.6 is 12.4 Å². The van der Waals surface area contributed by atoms with Crippen molar-refractivity contribution < 1.29 is 9.90 Å². The molecule has 4 nitrogen and oxygen atoms in total. The number of hydrogen-bond acceptors (Lipinski definition) is 3. The molecule has 3 aliphatic heterocycles. The zero-order chi connectivity index (χ0) is 11.8. The Morgan fingerprint density at radius 3 is 2.44 bits per heavy atom. The van der Waals surface area contributed by atoms with E-state index in [9.17, 15) is 9.90 Å². The fourth-order valence-electron chi connectivity index (χ4n) is 3.80. The summed E-state index contributed by atoms with van der Waals surface area (Å²) in [5.74, 6) is 0.309. The summed E-state index contributed by atoms with van der Waals surface area (Å²) < 4.78 is 0. The summed E-state index contributed by atoms with van der Waals surface area (Å²) in [7, 11) is 0. The number of piperidine rings is 1. The minimum atomic E-state index is -0.179. The van der Waals surface area contributed by atoms with Gasteiger partial charge in [0.25, 0.3) is 0 Å². The van der Waals surface area contributed by atoms with Crippen LogP contribution in [0.25, 0.3) is 0 Å². The topological polar surface area (TPSA) is 52.6 Å². The van der Waals surface area contributed by atoms with Gasteiger partial charge in [0.2, 0.25) is 5.91 Å². The molecule has 0 aromatic heterocycles. The van der Waals surface area contributed by atoms with Gasteiger partial charge in [-0.1, -0.05) is 0 Å². The fraction of sp³-hybridized carbons (Fsp3) is 0.923. The number of aliphatic hydroxyl groups is 1. The van der Waals surface area contributed by atoms with E-state index in [4.69, 9.17) is 0 Å². The van der Waals surface area contributed by atoms with Gasteiger partial charge in [0.1, 0.15) is 0 Å². The van der Waals surface area contributed by atoms with Crippen LogP contribution in [-0.4, -0.2) is 46.7 Å². The average Bonchev–Trinajstić information content (AvgIpc) is 2.86. The Balaban J connectivity index is 0.00000120. The highest BCUT2D eigenvalue weighted by Gasteiger charge is 2.42. The van der Waals surface area contributed by atoms with Gasteiger partial charge >= 0.3 is 0 Å². The number of carbonyl (C=O) groups excluding carboxylic acids is 1. The van der Waals surface area contributed by atoms with Gasteiger partial charge in [-0.25, -0.2) is 0 Å². The van der Waals surface area contributed by atoms with Gasteiger partial charge in [-0.15, -0.1) is 12.4 Å². The molecule has 3 aliphatic rings. The zero-order valence-corrected chi connectivity index (χ0v) is 11.5. The van der Waals surface area contributed by atoms with Crippen molar-refractivity contribution in [3.05, 3.63) is 0 Å². The van der Waals surface area contributed by atoms with Gasteiger partial charge in [0.05, 0.1) is 6.10 Å². The lowest BCUT2D eigenvalue weighted by atomic mass is 9.98. The van der Waals surface area contributed by atoms with Crippen LogP contribution in [0.3, 0.4) is 0 Å². The molecule has 3 rings (SSSR count). The van der Waals surface area contributed by atoms with Crippen LogP contribution in [0.4, 0.5) is 0 Å². The van der Waals surface area contributed by atoms with Gasteiger partial charge in [0, 0.05) is 24.5 Å². The van der Waals surface area contributed by atoms with Gasteiger partial charge in [0.15, 0.2) is 0 Å². The third-order valence-electron chi connectivity index (χ3n) is 4.58. The first kappa shape index (κ1) is 14.1. The normalized spacial score (nSPS) is 38.6. The van der Waals surface area contributed by atoms with E-state index in [1.54, 1.807) is 0 Å². The van der Waals surface area contributed by atoms with Crippen LogP contribution in [0.15, 0.2) is 0 Å². The van der Waals surface area contributed by atoms with E-state index in [0.717, 1.165) is 38.6 Å². The first-order chi connectivity index (χ1) is 8.24. The highest BCUT2D eigenvalue weighted by atomic mass is 35.5. The molecular weight excluding hydrogens is 252 g/mol. The van der Waals surface area contributed by atoms with Crippen molar-refractivity contribution >= 4 is 18.3 Å². The molecule has 18 heavy (non-hydrogen) atoms.